The van der Waals surface area contributed by atoms with E-state index in [0.29, 0.717) is 0 Å². The Morgan fingerprint density at radius 2 is 1.91 bits per heavy atom. The second kappa shape index (κ2) is 4.23. The second-order valence-electron chi connectivity index (χ2n) is 1.84. The SMILES string of the molecule is O=C(O)CC(C(=O)Cl)C(F)F. The lowest BCUT2D eigenvalue weighted by molar-refractivity contribution is -0.142. The molecule has 0 aliphatic heterocycles. The van der Waals surface area contributed by atoms with Gasteiger partial charge in [0.25, 0.3) is 0 Å². The average Bonchev–Trinajstić information content (AvgIpc) is 1.81. The fraction of sp³-hybridized carbons (Fsp3) is 0.600. The largest absolute Gasteiger partial charge is 0.481 e. The van der Waals surface area contributed by atoms with E-state index in [1.165, 1.54) is 0 Å². The van der Waals surface area contributed by atoms with Crippen LogP contribution in [0.25, 0.3) is 0 Å². The van der Waals surface area contributed by atoms with Gasteiger partial charge in [0.15, 0.2) is 0 Å². The Balaban J connectivity index is 4.12. The molecule has 0 fully saturated rings. The van der Waals surface area contributed by atoms with Crippen LogP contribution < -0.4 is 0 Å². The number of rotatable bonds is 4. The maximum Gasteiger partial charge on any atom is 0.304 e. The van der Waals surface area contributed by atoms with Gasteiger partial charge in [0.2, 0.25) is 11.7 Å². The van der Waals surface area contributed by atoms with Crippen LogP contribution in [0.2, 0.25) is 0 Å². The Morgan fingerprint density at radius 1 is 1.45 bits per heavy atom. The first kappa shape index (κ1) is 10.3. The first-order valence-electron chi connectivity index (χ1n) is 2.64. The third kappa shape index (κ3) is 3.87. The van der Waals surface area contributed by atoms with Crippen LogP contribution in [0.3, 0.4) is 0 Å². The van der Waals surface area contributed by atoms with E-state index in [2.05, 4.69) is 0 Å². The molecule has 0 rings (SSSR count). The highest BCUT2D eigenvalue weighted by molar-refractivity contribution is 6.64. The van der Waals surface area contributed by atoms with Crippen LogP contribution in [0.5, 0.6) is 0 Å². The van der Waals surface area contributed by atoms with Crippen LogP contribution in [-0.2, 0) is 9.59 Å². The molecule has 0 spiro atoms. The fourth-order valence-electron chi connectivity index (χ4n) is 0.457. The van der Waals surface area contributed by atoms with E-state index in [9.17, 15) is 18.4 Å². The monoisotopic (exact) mass is 186 g/mol. The molecular formula is C5H5ClF2O3. The summed E-state index contributed by atoms with van der Waals surface area (Å²) in [5, 5.41) is 6.72. The van der Waals surface area contributed by atoms with E-state index in [4.69, 9.17) is 16.7 Å². The van der Waals surface area contributed by atoms with Crippen molar-refractivity contribution in [1.82, 2.24) is 0 Å². The number of carbonyl (C=O) groups excluding carboxylic acids is 1. The van der Waals surface area contributed by atoms with Crippen molar-refractivity contribution in [1.29, 1.82) is 0 Å². The first-order chi connectivity index (χ1) is 4.95. The van der Waals surface area contributed by atoms with Crippen molar-refractivity contribution in [2.45, 2.75) is 12.8 Å². The van der Waals surface area contributed by atoms with E-state index >= 15 is 0 Å². The molecule has 11 heavy (non-hydrogen) atoms. The van der Waals surface area contributed by atoms with Gasteiger partial charge in [-0.2, -0.15) is 0 Å². The fourth-order valence-corrected chi connectivity index (χ4v) is 0.629. The standard InChI is InChI=1S/C5H5ClF2O3/c6-4(11)2(5(7)8)1-3(9)10/h2,5H,1H2,(H,9,10). The molecule has 0 aliphatic rings. The summed E-state index contributed by atoms with van der Waals surface area (Å²) in [6.45, 7) is 0. The molecule has 0 saturated heterocycles. The second-order valence-corrected chi connectivity index (χ2v) is 2.22. The molecular weight excluding hydrogens is 182 g/mol. The number of carboxylic acids is 1. The van der Waals surface area contributed by atoms with E-state index in [1.54, 1.807) is 0 Å². The summed E-state index contributed by atoms with van der Waals surface area (Å²) < 4.78 is 23.5. The third-order valence-electron chi connectivity index (χ3n) is 0.990. The summed E-state index contributed by atoms with van der Waals surface area (Å²) in [7, 11) is 0. The normalized spacial score (nSPS) is 13.1. The Morgan fingerprint density at radius 3 is 2.00 bits per heavy atom. The minimum atomic E-state index is -3.02. The highest BCUT2D eigenvalue weighted by Gasteiger charge is 2.29. The van der Waals surface area contributed by atoms with Gasteiger partial charge in [-0.05, 0) is 11.6 Å². The van der Waals surface area contributed by atoms with Gasteiger partial charge in [-0.25, -0.2) is 8.78 Å². The van der Waals surface area contributed by atoms with Crippen molar-refractivity contribution in [3.63, 3.8) is 0 Å². The Hall–Kier alpha value is -0.710. The zero-order valence-corrected chi connectivity index (χ0v) is 6.02. The minimum Gasteiger partial charge on any atom is -0.481 e. The van der Waals surface area contributed by atoms with Crippen LogP contribution in [0.15, 0.2) is 0 Å². The molecule has 0 heterocycles. The Labute approximate surface area is 66.0 Å². The molecule has 0 amide bonds. The van der Waals surface area contributed by atoms with Gasteiger partial charge < -0.3 is 5.11 Å². The molecule has 6 heteroatoms. The number of carbonyl (C=O) groups is 2. The van der Waals surface area contributed by atoms with Crippen LogP contribution in [-0.4, -0.2) is 22.7 Å². The number of hydrogen-bond acceptors (Lipinski definition) is 2. The first-order valence-corrected chi connectivity index (χ1v) is 3.02. The zero-order valence-electron chi connectivity index (χ0n) is 5.26. The predicted molar refractivity (Wildman–Crippen MR) is 32.6 cm³/mol. The van der Waals surface area contributed by atoms with Gasteiger partial charge in [0.05, 0.1) is 6.42 Å². The van der Waals surface area contributed by atoms with Gasteiger partial charge in [-0.1, -0.05) is 0 Å². The lowest BCUT2D eigenvalue weighted by Crippen LogP contribution is -2.21. The molecule has 0 aliphatic carbocycles. The van der Waals surface area contributed by atoms with E-state index < -0.39 is 30.0 Å². The molecule has 1 N–H and O–H groups in total. The maximum atomic E-state index is 11.7. The predicted octanol–water partition coefficient (Wildman–Crippen LogP) is 1.11. The van der Waals surface area contributed by atoms with Crippen molar-refractivity contribution in [2.75, 3.05) is 0 Å². The van der Waals surface area contributed by atoms with Crippen molar-refractivity contribution in [3.8, 4) is 0 Å². The molecule has 0 bridgehead atoms. The van der Waals surface area contributed by atoms with Crippen LogP contribution in [0, 0.1) is 5.92 Å². The lowest BCUT2D eigenvalue weighted by Gasteiger charge is -2.06. The van der Waals surface area contributed by atoms with Gasteiger partial charge in [0.1, 0.15) is 5.92 Å². The van der Waals surface area contributed by atoms with E-state index in [0.717, 1.165) is 0 Å². The zero-order chi connectivity index (χ0) is 9.02. The van der Waals surface area contributed by atoms with Crippen molar-refractivity contribution in [3.05, 3.63) is 0 Å². The number of alkyl halides is 2. The molecule has 0 aromatic rings. The summed E-state index contributed by atoms with van der Waals surface area (Å²) in [5.74, 6) is -3.36. The third-order valence-corrected chi connectivity index (χ3v) is 1.27. The van der Waals surface area contributed by atoms with Crippen LogP contribution in [0.4, 0.5) is 8.78 Å². The van der Waals surface area contributed by atoms with Gasteiger partial charge in [0, 0.05) is 0 Å². The summed E-state index contributed by atoms with van der Waals surface area (Å²) >= 11 is 4.70. The van der Waals surface area contributed by atoms with Gasteiger partial charge >= 0.3 is 5.97 Å². The molecule has 0 aromatic heterocycles. The van der Waals surface area contributed by atoms with Crippen molar-refractivity contribution in [2.24, 2.45) is 5.92 Å². The maximum absolute atomic E-state index is 11.7. The number of aliphatic carboxylic acids is 1. The Kier molecular flexibility index (Phi) is 3.95. The number of carboxylic acid groups (broad SMARTS) is 1. The summed E-state index contributed by atoms with van der Waals surface area (Å²) in [6.07, 6.45) is -3.95. The summed E-state index contributed by atoms with van der Waals surface area (Å²) in [5.41, 5.74) is 0. The molecule has 64 valence electrons. The lowest BCUT2D eigenvalue weighted by atomic mass is 10.1. The highest BCUT2D eigenvalue weighted by atomic mass is 35.5. The quantitative estimate of drug-likeness (QED) is 0.669. The molecule has 1 unspecified atom stereocenters. The molecule has 1 atom stereocenters. The minimum absolute atomic E-state index is 0.931. The topological polar surface area (TPSA) is 54.4 Å². The van der Waals surface area contributed by atoms with Gasteiger partial charge in [-0.3, -0.25) is 9.59 Å². The van der Waals surface area contributed by atoms with Crippen molar-refractivity contribution >= 4 is 22.8 Å². The molecule has 3 nitrogen and oxygen atoms in total. The average molecular weight is 187 g/mol. The molecule has 0 saturated carbocycles. The summed E-state index contributed by atoms with van der Waals surface area (Å²) in [6, 6.07) is 0. The van der Waals surface area contributed by atoms with E-state index in [1.807, 2.05) is 0 Å². The van der Waals surface area contributed by atoms with Crippen LogP contribution >= 0.6 is 11.6 Å². The highest BCUT2D eigenvalue weighted by Crippen LogP contribution is 2.16. The number of hydrogen-bond donors (Lipinski definition) is 1. The summed E-state index contributed by atoms with van der Waals surface area (Å²) in [4.78, 5) is 20.0. The van der Waals surface area contributed by atoms with Crippen molar-refractivity contribution < 1.29 is 23.5 Å². The Bertz CT molecular complexity index is 171. The van der Waals surface area contributed by atoms with Gasteiger partial charge in [-0.15, -0.1) is 0 Å². The van der Waals surface area contributed by atoms with Crippen LogP contribution in [0.1, 0.15) is 6.42 Å². The van der Waals surface area contributed by atoms with E-state index in [-0.39, 0.29) is 0 Å². The molecule has 0 aromatic carbocycles. The molecule has 0 radical (unpaired) electrons. The smallest absolute Gasteiger partial charge is 0.304 e. The number of halogens is 3.